The average molecular weight is 351 g/mol. The van der Waals surface area contributed by atoms with E-state index in [1.807, 2.05) is 11.8 Å². The Morgan fingerprint density at radius 1 is 1.32 bits per heavy atom. The summed E-state index contributed by atoms with van der Waals surface area (Å²) in [5, 5.41) is 4.01. The van der Waals surface area contributed by atoms with E-state index in [2.05, 4.69) is 15.0 Å². The third kappa shape index (κ3) is 4.28. The molecule has 2 heterocycles. The molecule has 25 heavy (non-hydrogen) atoms. The van der Waals surface area contributed by atoms with Crippen molar-refractivity contribution in [3.05, 3.63) is 30.0 Å². The number of nitrogens with zero attached hydrogens (tertiary/aromatic N) is 1. The fourth-order valence-corrected chi connectivity index (χ4v) is 3.30. The number of hydrogen-bond acceptors (Lipinski definition) is 3. The third-order valence-corrected chi connectivity index (χ3v) is 4.65. The Morgan fingerprint density at radius 2 is 2.08 bits per heavy atom. The van der Waals surface area contributed by atoms with Gasteiger partial charge in [0.1, 0.15) is 11.4 Å². The summed E-state index contributed by atoms with van der Waals surface area (Å²) in [6, 6.07) is 6.32. The van der Waals surface area contributed by atoms with Crippen LogP contribution in [0.3, 0.4) is 0 Å². The van der Waals surface area contributed by atoms with Gasteiger partial charge in [0.2, 0.25) is 0 Å². The average Bonchev–Trinajstić information content (AvgIpc) is 3.02. The first-order chi connectivity index (χ1) is 12.1. The van der Waals surface area contributed by atoms with Crippen molar-refractivity contribution in [3.8, 4) is 5.75 Å². The molecule has 0 radical (unpaired) electrons. The number of aromatic amines is 1. The molecule has 0 bridgehead atoms. The largest absolute Gasteiger partial charge is 0.435 e. The summed E-state index contributed by atoms with van der Waals surface area (Å²) < 4.78 is 29.1. The number of H-pyrrole nitrogens is 1. The molecule has 1 aliphatic rings. The summed E-state index contributed by atoms with van der Waals surface area (Å²) >= 11 is 0. The summed E-state index contributed by atoms with van der Waals surface area (Å²) in [7, 11) is 0. The fourth-order valence-electron chi connectivity index (χ4n) is 3.30. The van der Waals surface area contributed by atoms with E-state index in [0.717, 1.165) is 38.0 Å². The van der Waals surface area contributed by atoms with Crippen LogP contribution in [0.25, 0.3) is 10.9 Å². The molecule has 2 aromatic rings. The maximum atomic E-state index is 12.8. The second-order valence-electron chi connectivity index (χ2n) is 6.35. The van der Waals surface area contributed by atoms with Crippen LogP contribution in [0.4, 0.5) is 8.78 Å². The minimum absolute atomic E-state index is 0.0615. The van der Waals surface area contributed by atoms with Gasteiger partial charge in [-0.1, -0.05) is 0 Å². The molecule has 136 valence electrons. The monoisotopic (exact) mass is 351 g/mol. The van der Waals surface area contributed by atoms with Crippen molar-refractivity contribution in [1.29, 1.82) is 0 Å². The van der Waals surface area contributed by atoms with Crippen molar-refractivity contribution in [2.75, 3.05) is 26.2 Å². The van der Waals surface area contributed by atoms with Crippen molar-refractivity contribution >= 4 is 16.8 Å². The van der Waals surface area contributed by atoms with Gasteiger partial charge in [-0.15, -0.1) is 0 Å². The zero-order valence-electron chi connectivity index (χ0n) is 14.2. The molecule has 0 atom stereocenters. The van der Waals surface area contributed by atoms with Crippen LogP contribution in [-0.4, -0.2) is 48.6 Å². The van der Waals surface area contributed by atoms with Gasteiger partial charge in [0.25, 0.3) is 5.91 Å². The van der Waals surface area contributed by atoms with Crippen molar-refractivity contribution in [2.24, 2.45) is 5.92 Å². The first-order valence-corrected chi connectivity index (χ1v) is 8.64. The molecule has 7 heteroatoms. The highest BCUT2D eigenvalue weighted by molar-refractivity contribution is 5.98. The molecule has 1 saturated heterocycles. The highest BCUT2D eigenvalue weighted by Crippen LogP contribution is 2.24. The second-order valence-corrected chi connectivity index (χ2v) is 6.35. The number of alkyl halides is 2. The van der Waals surface area contributed by atoms with Crippen LogP contribution >= 0.6 is 0 Å². The standard InChI is InChI=1S/C18H23F2N3O2/c1-2-23(11-12-5-7-21-8-6-12)17(24)16-10-13-9-14(25-18(19)20)3-4-15(13)22-16/h3-4,9-10,12,18,21-22H,2,5-8,11H2,1H3. The topological polar surface area (TPSA) is 57.4 Å². The first-order valence-electron chi connectivity index (χ1n) is 8.64. The number of amides is 1. The van der Waals surface area contributed by atoms with Crippen LogP contribution in [0.1, 0.15) is 30.3 Å². The molecule has 3 rings (SSSR count). The van der Waals surface area contributed by atoms with Gasteiger partial charge in [0.05, 0.1) is 0 Å². The van der Waals surface area contributed by atoms with Crippen LogP contribution in [0.15, 0.2) is 24.3 Å². The minimum atomic E-state index is -2.86. The SMILES string of the molecule is CCN(CC1CCNCC1)C(=O)c1cc2cc(OC(F)F)ccc2[nH]1. The van der Waals surface area contributed by atoms with Crippen LogP contribution in [0, 0.1) is 5.92 Å². The zero-order valence-corrected chi connectivity index (χ0v) is 14.2. The number of aromatic nitrogens is 1. The first kappa shape index (κ1) is 17.7. The molecule has 0 saturated carbocycles. The molecular weight excluding hydrogens is 328 g/mol. The Balaban J connectivity index is 1.75. The number of hydrogen-bond donors (Lipinski definition) is 2. The van der Waals surface area contributed by atoms with E-state index in [-0.39, 0.29) is 11.7 Å². The van der Waals surface area contributed by atoms with Gasteiger partial charge >= 0.3 is 6.61 Å². The van der Waals surface area contributed by atoms with E-state index >= 15 is 0 Å². The molecule has 0 spiro atoms. The summed E-state index contributed by atoms with van der Waals surface area (Å²) in [5.74, 6) is 0.539. The maximum Gasteiger partial charge on any atom is 0.387 e. The van der Waals surface area contributed by atoms with Gasteiger partial charge in [-0.2, -0.15) is 8.78 Å². The molecular formula is C18H23F2N3O2. The third-order valence-electron chi connectivity index (χ3n) is 4.65. The molecule has 0 unspecified atom stereocenters. The quantitative estimate of drug-likeness (QED) is 0.840. The summed E-state index contributed by atoms with van der Waals surface area (Å²) in [5.41, 5.74) is 1.20. The van der Waals surface area contributed by atoms with Gasteiger partial charge < -0.3 is 19.9 Å². The van der Waals surface area contributed by atoms with Crippen LogP contribution < -0.4 is 10.1 Å². The summed E-state index contributed by atoms with van der Waals surface area (Å²) in [6.07, 6.45) is 2.15. The molecule has 1 aromatic heterocycles. The van der Waals surface area contributed by atoms with E-state index in [9.17, 15) is 13.6 Å². The Hall–Kier alpha value is -2.15. The summed E-state index contributed by atoms with van der Waals surface area (Å²) in [4.78, 5) is 17.7. The Morgan fingerprint density at radius 3 is 2.76 bits per heavy atom. The zero-order chi connectivity index (χ0) is 17.8. The number of carbonyl (C=O) groups is 1. The van der Waals surface area contributed by atoms with Crippen LogP contribution in [0.2, 0.25) is 0 Å². The van der Waals surface area contributed by atoms with Crippen molar-refractivity contribution in [1.82, 2.24) is 15.2 Å². The van der Waals surface area contributed by atoms with Gasteiger partial charge in [-0.3, -0.25) is 4.79 Å². The minimum Gasteiger partial charge on any atom is -0.435 e. The molecule has 1 aliphatic heterocycles. The van der Waals surface area contributed by atoms with Crippen molar-refractivity contribution < 1.29 is 18.3 Å². The van der Waals surface area contributed by atoms with Crippen LogP contribution in [-0.2, 0) is 0 Å². The fraction of sp³-hybridized carbons (Fsp3) is 0.500. The number of carbonyl (C=O) groups excluding carboxylic acids is 1. The number of ether oxygens (including phenoxy) is 1. The number of fused-ring (bicyclic) bond motifs is 1. The van der Waals surface area contributed by atoms with Crippen molar-refractivity contribution in [2.45, 2.75) is 26.4 Å². The van der Waals surface area contributed by atoms with Gasteiger partial charge in [0, 0.05) is 24.0 Å². The lowest BCUT2D eigenvalue weighted by atomic mass is 9.97. The predicted octanol–water partition coefficient (Wildman–Crippen LogP) is 3.23. The highest BCUT2D eigenvalue weighted by Gasteiger charge is 2.22. The normalized spacial score (nSPS) is 15.7. The molecule has 2 N–H and O–H groups in total. The Kier molecular flexibility index (Phi) is 5.53. The van der Waals surface area contributed by atoms with Crippen LogP contribution in [0.5, 0.6) is 5.75 Å². The maximum absolute atomic E-state index is 12.8. The van der Waals surface area contributed by atoms with Gasteiger partial charge in [-0.25, -0.2) is 0 Å². The Labute approximate surface area is 145 Å². The second kappa shape index (κ2) is 7.82. The molecule has 0 aliphatic carbocycles. The Bertz CT molecular complexity index is 726. The highest BCUT2D eigenvalue weighted by atomic mass is 19.3. The van der Waals surface area contributed by atoms with Gasteiger partial charge in [0.15, 0.2) is 0 Å². The number of benzene rings is 1. The molecule has 1 fully saturated rings. The molecule has 1 amide bonds. The van der Waals surface area contributed by atoms with E-state index in [4.69, 9.17) is 0 Å². The van der Waals surface area contributed by atoms with E-state index in [0.29, 0.717) is 23.5 Å². The smallest absolute Gasteiger partial charge is 0.387 e. The predicted molar refractivity (Wildman–Crippen MR) is 92.1 cm³/mol. The molecule has 5 nitrogen and oxygen atoms in total. The van der Waals surface area contributed by atoms with E-state index < -0.39 is 6.61 Å². The lowest BCUT2D eigenvalue weighted by molar-refractivity contribution is -0.0497. The summed E-state index contributed by atoms with van der Waals surface area (Å²) in [6.45, 7) is 2.48. The lowest BCUT2D eigenvalue weighted by Crippen LogP contribution is -2.39. The van der Waals surface area contributed by atoms with E-state index in [1.165, 1.54) is 12.1 Å². The number of piperidine rings is 1. The number of nitrogens with one attached hydrogen (secondary N) is 2. The lowest BCUT2D eigenvalue weighted by Gasteiger charge is -2.29. The van der Waals surface area contributed by atoms with Crippen molar-refractivity contribution in [3.63, 3.8) is 0 Å². The number of rotatable bonds is 6. The number of halogens is 2. The van der Waals surface area contributed by atoms with E-state index in [1.54, 1.807) is 12.1 Å². The van der Waals surface area contributed by atoms with Gasteiger partial charge in [-0.05, 0) is 63.0 Å². The molecule has 1 aromatic carbocycles.